The Bertz CT molecular complexity index is 418. The number of carbonyl (C=O) groups excluding carboxylic acids is 1. The van der Waals surface area contributed by atoms with Gasteiger partial charge in [-0.15, -0.1) is 0 Å². The smallest absolute Gasteiger partial charge is 0.239 e. The minimum absolute atomic E-state index is 0.133. The molecule has 0 aliphatic rings. The summed E-state index contributed by atoms with van der Waals surface area (Å²) in [4.78, 5) is 13.9. The van der Waals surface area contributed by atoms with E-state index in [0.29, 0.717) is 6.54 Å². The van der Waals surface area contributed by atoms with E-state index in [0.717, 1.165) is 0 Å². The van der Waals surface area contributed by atoms with Crippen molar-refractivity contribution >= 4 is 5.91 Å². The van der Waals surface area contributed by atoms with E-state index in [4.69, 9.17) is 5.73 Å². The molecular formula is C15H25N3O. The molecule has 0 radical (unpaired) electrons. The van der Waals surface area contributed by atoms with Crippen LogP contribution >= 0.6 is 0 Å². The standard InChI is InChI=1S/C15H25N3O/c1-11-6-8-12(9-7-11)13(18(4)5)10-17-14(19)15(2,3)16/h6-9,13H,10,16H2,1-5H3,(H,17,19). The number of likely N-dealkylation sites (N-methyl/N-ethyl adjacent to an activating group) is 1. The highest BCUT2D eigenvalue weighted by molar-refractivity contribution is 5.85. The topological polar surface area (TPSA) is 58.4 Å². The van der Waals surface area contributed by atoms with Crippen LogP contribution in [0.25, 0.3) is 0 Å². The lowest BCUT2D eigenvalue weighted by atomic mass is 10.0. The number of hydrogen-bond donors (Lipinski definition) is 2. The monoisotopic (exact) mass is 263 g/mol. The van der Waals surface area contributed by atoms with Crippen molar-refractivity contribution in [1.29, 1.82) is 0 Å². The second kappa shape index (κ2) is 6.17. The number of nitrogens with two attached hydrogens (primary N) is 1. The van der Waals surface area contributed by atoms with Crippen molar-refractivity contribution in [2.75, 3.05) is 20.6 Å². The zero-order valence-corrected chi connectivity index (χ0v) is 12.5. The van der Waals surface area contributed by atoms with E-state index in [9.17, 15) is 4.79 Å². The Morgan fingerprint density at radius 1 is 1.32 bits per heavy atom. The molecule has 1 amide bonds. The van der Waals surface area contributed by atoms with Gasteiger partial charge in [-0.25, -0.2) is 0 Å². The molecule has 0 aliphatic heterocycles. The maximum Gasteiger partial charge on any atom is 0.239 e. The summed E-state index contributed by atoms with van der Waals surface area (Å²) in [6.07, 6.45) is 0. The summed E-state index contributed by atoms with van der Waals surface area (Å²) >= 11 is 0. The summed E-state index contributed by atoms with van der Waals surface area (Å²) in [6.45, 7) is 6.03. The molecule has 4 heteroatoms. The first kappa shape index (κ1) is 15.7. The molecule has 1 atom stereocenters. The van der Waals surface area contributed by atoms with E-state index in [1.165, 1.54) is 11.1 Å². The van der Waals surface area contributed by atoms with E-state index >= 15 is 0 Å². The van der Waals surface area contributed by atoms with Crippen molar-refractivity contribution in [1.82, 2.24) is 10.2 Å². The van der Waals surface area contributed by atoms with E-state index in [-0.39, 0.29) is 11.9 Å². The van der Waals surface area contributed by atoms with Crippen LogP contribution in [0.4, 0.5) is 0 Å². The summed E-state index contributed by atoms with van der Waals surface area (Å²) in [5.41, 5.74) is 7.35. The first-order valence-corrected chi connectivity index (χ1v) is 6.52. The normalized spacial score (nSPS) is 13.4. The third-order valence-corrected chi connectivity index (χ3v) is 3.13. The lowest BCUT2D eigenvalue weighted by Gasteiger charge is -2.27. The summed E-state index contributed by atoms with van der Waals surface area (Å²) < 4.78 is 0. The van der Waals surface area contributed by atoms with Gasteiger partial charge in [-0.3, -0.25) is 4.79 Å². The molecular weight excluding hydrogens is 238 g/mol. The van der Waals surface area contributed by atoms with Crippen molar-refractivity contribution < 1.29 is 4.79 Å². The highest BCUT2D eigenvalue weighted by Gasteiger charge is 2.23. The number of rotatable bonds is 5. The fourth-order valence-corrected chi connectivity index (χ4v) is 1.80. The van der Waals surface area contributed by atoms with Crippen LogP contribution in [0.5, 0.6) is 0 Å². The summed E-state index contributed by atoms with van der Waals surface area (Å²) in [7, 11) is 4.01. The Morgan fingerprint density at radius 3 is 2.26 bits per heavy atom. The lowest BCUT2D eigenvalue weighted by molar-refractivity contribution is -0.125. The third-order valence-electron chi connectivity index (χ3n) is 3.13. The molecule has 1 unspecified atom stereocenters. The Balaban J connectivity index is 2.75. The van der Waals surface area contributed by atoms with Crippen LogP contribution in [0.15, 0.2) is 24.3 Å². The molecule has 1 aromatic carbocycles. The molecule has 0 bridgehead atoms. The average Bonchev–Trinajstić information content (AvgIpc) is 2.29. The fraction of sp³-hybridized carbons (Fsp3) is 0.533. The van der Waals surface area contributed by atoms with Gasteiger partial charge in [-0.1, -0.05) is 29.8 Å². The number of carbonyl (C=O) groups is 1. The quantitative estimate of drug-likeness (QED) is 0.845. The molecule has 0 saturated heterocycles. The largest absolute Gasteiger partial charge is 0.353 e. The molecule has 19 heavy (non-hydrogen) atoms. The lowest BCUT2D eigenvalue weighted by Crippen LogP contribution is -2.50. The van der Waals surface area contributed by atoms with Crippen LogP contribution in [0, 0.1) is 6.92 Å². The van der Waals surface area contributed by atoms with Crippen LogP contribution in [0.2, 0.25) is 0 Å². The van der Waals surface area contributed by atoms with Crippen molar-refractivity contribution in [3.05, 3.63) is 35.4 Å². The van der Waals surface area contributed by atoms with Gasteiger partial charge in [0, 0.05) is 6.54 Å². The highest BCUT2D eigenvalue weighted by atomic mass is 16.2. The second-order valence-electron chi connectivity index (χ2n) is 5.82. The molecule has 3 N–H and O–H groups in total. The highest BCUT2D eigenvalue weighted by Crippen LogP contribution is 2.18. The number of hydrogen-bond acceptors (Lipinski definition) is 3. The van der Waals surface area contributed by atoms with Gasteiger partial charge in [0.15, 0.2) is 0 Å². The predicted octanol–water partition coefficient (Wildman–Crippen LogP) is 1.45. The van der Waals surface area contributed by atoms with Crippen LogP contribution in [0.3, 0.4) is 0 Å². The van der Waals surface area contributed by atoms with Crippen molar-refractivity contribution in [2.45, 2.75) is 32.4 Å². The van der Waals surface area contributed by atoms with Gasteiger partial charge < -0.3 is 16.0 Å². The van der Waals surface area contributed by atoms with Gasteiger partial charge in [-0.2, -0.15) is 0 Å². The zero-order chi connectivity index (χ0) is 14.6. The number of aryl methyl sites for hydroxylation is 1. The molecule has 0 aromatic heterocycles. The van der Waals surface area contributed by atoms with E-state index in [2.05, 4.69) is 41.4 Å². The third kappa shape index (κ3) is 4.65. The zero-order valence-electron chi connectivity index (χ0n) is 12.5. The summed E-state index contributed by atoms with van der Waals surface area (Å²) in [5.74, 6) is -0.133. The number of benzene rings is 1. The first-order chi connectivity index (χ1) is 8.71. The molecule has 4 nitrogen and oxygen atoms in total. The van der Waals surface area contributed by atoms with Gasteiger partial charge in [0.25, 0.3) is 0 Å². The van der Waals surface area contributed by atoms with Crippen LogP contribution in [-0.2, 0) is 4.79 Å². The van der Waals surface area contributed by atoms with Crippen LogP contribution in [-0.4, -0.2) is 37.0 Å². The number of nitrogens with one attached hydrogen (secondary N) is 1. The van der Waals surface area contributed by atoms with Gasteiger partial charge >= 0.3 is 0 Å². The van der Waals surface area contributed by atoms with Crippen LogP contribution in [0.1, 0.15) is 31.0 Å². The molecule has 0 heterocycles. The van der Waals surface area contributed by atoms with Gasteiger partial charge in [0.2, 0.25) is 5.91 Å². The van der Waals surface area contributed by atoms with E-state index < -0.39 is 5.54 Å². The molecule has 106 valence electrons. The van der Waals surface area contributed by atoms with Gasteiger partial charge in [-0.05, 0) is 40.4 Å². The van der Waals surface area contributed by atoms with Gasteiger partial charge in [0.05, 0.1) is 11.6 Å². The Morgan fingerprint density at radius 2 is 1.84 bits per heavy atom. The van der Waals surface area contributed by atoms with Crippen LogP contribution < -0.4 is 11.1 Å². The molecule has 1 rings (SSSR count). The Kier molecular flexibility index (Phi) is 5.09. The molecule has 1 aromatic rings. The fourth-order valence-electron chi connectivity index (χ4n) is 1.80. The minimum Gasteiger partial charge on any atom is -0.353 e. The molecule has 0 aliphatic carbocycles. The summed E-state index contributed by atoms with van der Waals surface area (Å²) in [6, 6.07) is 8.51. The van der Waals surface area contributed by atoms with E-state index in [1.807, 2.05) is 14.1 Å². The maximum absolute atomic E-state index is 11.8. The Labute approximate surface area is 116 Å². The Hall–Kier alpha value is -1.39. The minimum atomic E-state index is -0.843. The first-order valence-electron chi connectivity index (χ1n) is 6.52. The molecule has 0 fully saturated rings. The number of nitrogens with zero attached hydrogens (tertiary/aromatic N) is 1. The van der Waals surface area contributed by atoms with Crippen molar-refractivity contribution in [3.63, 3.8) is 0 Å². The van der Waals surface area contributed by atoms with E-state index in [1.54, 1.807) is 13.8 Å². The average molecular weight is 263 g/mol. The SMILES string of the molecule is Cc1ccc(C(CNC(=O)C(C)(C)N)N(C)C)cc1. The second-order valence-corrected chi connectivity index (χ2v) is 5.82. The van der Waals surface area contributed by atoms with Crippen molar-refractivity contribution in [2.24, 2.45) is 5.73 Å². The molecule has 0 saturated carbocycles. The van der Waals surface area contributed by atoms with Gasteiger partial charge in [0.1, 0.15) is 0 Å². The maximum atomic E-state index is 11.8. The number of amides is 1. The van der Waals surface area contributed by atoms with Crippen molar-refractivity contribution in [3.8, 4) is 0 Å². The predicted molar refractivity (Wildman–Crippen MR) is 78.9 cm³/mol. The summed E-state index contributed by atoms with van der Waals surface area (Å²) in [5, 5.41) is 2.91. The molecule has 0 spiro atoms.